The number of fused-ring (bicyclic) bond motifs is 1. The molecule has 0 fully saturated rings. The third-order valence-corrected chi connectivity index (χ3v) is 3.74. The molecule has 1 aliphatic rings. The molecular formula is C14H16ClN3O3S. The van der Waals surface area contributed by atoms with Gasteiger partial charge >= 0.3 is 0 Å². The number of benzene rings is 1. The Morgan fingerprint density at radius 3 is 2.82 bits per heavy atom. The first-order valence-electron chi connectivity index (χ1n) is 6.55. The number of thiazole rings is 1. The number of carbonyl (C=O) groups is 1. The van der Waals surface area contributed by atoms with E-state index in [1.165, 1.54) is 11.3 Å². The van der Waals surface area contributed by atoms with E-state index in [1.54, 1.807) is 6.92 Å². The summed E-state index contributed by atoms with van der Waals surface area (Å²) in [5, 5.41) is 5.09. The SMILES string of the molecule is C[C@@H](N)C(=O)Nc1nc(-c2ccc3c(c2)OCCO3)cs1.Cl. The molecule has 118 valence electrons. The molecule has 2 heterocycles. The zero-order chi connectivity index (χ0) is 14.8. The summed E-state index contributed by atoms with van der Waals surface area (Å²) in [6.07, 6.45) is 0. The highest BCUT2D eigenvalue weighted by Gasteiger charge is 2.15. The van der Waals surface area contributed by atoms with Crippen molar-refractivity contribution in [2.45, 2.75) is 13.0 Å². The Morgan fingerprint density at radius 2 is 2.09 bits per heavy atom. The van der Waals surface area contributed by atoms with Crippen LogP contribution in [0.2, 0.25) is 0 Å². The Kier molecular flexibility index (Phi) is 5.23. The first kappa shape index (κ1) is 16.5. The second-order valence-electron chi connectivity index (χ2n) is 4.67. The van der Waals surface area contributed by atoms with Crippen molar-refractivity contribution in [2.24, 2.45) is 5.73 Å². The van der Waals surface area contributed by atoms with Crippen LogP contribution in [0.3, 0.4) is 0 Å². The summed E-state index contributed by atoms with van der Waals surface area (Å²) in [7, 11) is 0. The highest BCUT2D eigenvalue weighted by molar-refractivity contribution is 7.14. The highest BCUT2D eigenvalue weighted by Crippen LogP contribution is 2.35. The minimum absolute atomic E-state index is 0. The number of aromatic nitrogens is 1. The normalized spacial score (nSPS) is 13.9. The van der Waals surface area contributed by atoms with E-state index < -0.39 is 6.04 Å². The van der Waals surface area contributed by atoms with Crippen molar-refractivity contribution in [3.05, 3.63) is 23.6 Å². The summed E-state index contributed by atoms with van der Waals surface area (Å²) in [6, 6.07) is 5.11. The van der Waals surface area contributed by atoms with E-state index in [0.29, 0.717) is 24.1 Å². The lowest BCUT2D eigenvalue weighted by Gasteiger charge is -2.18. The summed E-state index contributed by atoms with van der Waals surface area (Å²) in [6.45, 7) is 2.74. The molecule has 8 heteroatoms. The molecule has 1 aliphatic heterocycles. The Balaban J connectivity index is 0.00000176. The number of halogens is 1. The Labute approximate surface area is 138 Å². The van der Waals surface area contributed by atoms with Crippen LogP contribution in [0.5, 0.6) is 11.5 Å². The predicted octanol–water partition coefficient (Wildman–Crippen LogP) is 2.29. The molecule has 6 nitrogen and oxygen atoms in total. The minimum atomic E-state index is -0.563. The van der Waals surface area contributed by atoms with E-state index in [4.69, 9.17) is 15.2 Å². The number of rotatable bonds is 3. The molecule has 0 radical (unpaired) electrons. The van der Waals surface area contributed by atoms with Crippen LogP contribution in [0.4, 0.5) is 5.13 Å². The molecule has 1 aromatic heterocycles. The van der Waals surface area contributed by atoms with Gasteiger partial charge in [-0.05, 0) is 25.1 Å². The van der Waals surface area contributed by atoms with Gasteiger partial charge in [0.05, 0.1) is 11.7 Å². The molecule has 0 bridgehead atoms. The Bertz CT molecular complexity index is 675. The number of nitrogens with zero attached hydrogens (tertiary/aromatic N) is 1. The number of hydrogen-bond donors (Lipinski definition) is 2. The van der Waals surface area contributed by atoms with E-state index in [2.05, 4.69) is 10.3 Å². The van der Waals surface area contributed by atoms with Crippen LogP contribution in [0.25, 0.3) is 11.3 Å². The summed E-state index contributed by atoms with van der Waals surface area (Å²) in [5.74, 6) is 1.21. The van der Waals surface area contributed by atoms with E-state index >= 15 is 0 Å². The first-order valence-corrected chi connectivity index (χ1v) is 7.43. The average molecular weight is 342 g/mol. The average Bonchev–Trinajstić information content (AvgIpc) is 2.95. The summed E-state index contributed by atoms with van der Waals surface area (Å²) in [4.78, 5) is 15.9. The molecule has 22 heavy (non-hydrogen) atoms. The van der Waals surface area contributed by atoms with Crippen LogP contribution in [0.1, 0.15) is 6.92 Å². The number of nitrogens with two attached hydrogens (primary N) is 1. The molecule has 2 aromatic rings. The molecule has 3 rings (SSSR count). The van der Waals surface area contributed by atoms with Gasteiger partial charge in [0.2, 0.25) is 5.91 Å². The Hall–Kier alpha value is -1.83. The minimum Gasteiger partial charge on any atom is -0.486 e. The zero-order valence-corrected chi connectivity index (χ0v) is 13.5. The van der Waals surface area contributed by atoms with Gasteiger partial charge in [-0.25, -0.2) is 4.98 Å². The van der Waals surface area contributed by atoms with Crippen molar-refractivity contribution in [3.8, 4) is 22.8 Å². The van der Waals surface area contributed by atoms with Crippen LogP contribution in [-0.4, -0.2) is 30.1 Å². The van der Waals surface area contributed by atoms with Crippen molar-refractivity contribution >= 4 is 34.8 Å². The number of amides is 1. The van der Waals surface area contributed by atoms with Crippen LogP contribution >= 0.6 is 23.7 Å². The molecule has 0 saturated carbocycles. The predicted molar refractivity (Wildman–Crippen MR) is 88.1 cm³/mol. The number of ether oxygens (including phenoxy) is 2. The van der Waals surface area contributed by atoms with E-state index in [9.17, 15) is 4.79 Å². The fraction of sp³-hybridized carbons (Fsp3) is 0.286. The topological polar surface area (TPSA) is 86.5 Å². The van der Waals surface area contributed by atoms with Gasteiger partial charge in [-0.3, -0.25) is 4.79 Å². The van der Waals surface area contributed by atoms with Gasteiger partial charge in [0.15, 0.2) is 16.6 Å². The van der Waals surface area contributed by atoms with Crippen molar-refractivity contribution in [1.29, 1.82) is 0 Å². The summed E-state index contributed by atoms with van der Waals surface area (Å²) >= 11 is 1.36. The largest absolute Gasteiger partial charge is 0.486 e. The maximum absolute atomic E-state index is 11.5. The van der Waals surface area contributed by atoms with Crippen molar-refractivity contribution < 1.29 is 14.3 Å². The van der Waals surface area contributed by atoms with Crippen LogP contribution in [-0.2, 0) is 4.79 Å². The maximum atomic E-state index is 11.5. The third kappa shape index (κ3) is 3.49. The van der Waals surface area contributed by atoms with E-state index in [0.717, 1.165) is 17.0 Å². The third-order valence-electron chi connectivity index (χ3n) is 2.99. The number of anilines is 1. The molecule has 1 atom stereocenters. The van der Waals surface area contributed by atoms with Crippen LogP contribution in [0.15, 0.2) is 23.6 Å². The molecule has 0 aliphatic carbocycles. The number of nitrogens with one attached hydrogen (secondary N) is 1. The second-order valence-corrected chi connectivity index (χ2v) is 5.53. The van der Waals surface area contributed by atoms with Crippen LogP contribution < -0.4 is 20.5 Å². The van der Waals surface area contributed by atoms with Gasteiger partial charge < -0.3 is 20.5 Å². The lowest BCUT2D eigenvalue weighted by molar-refractivity contribution is -0.117. The Morgan fingerprint density at radius 1 is 1.36 bits per heavy atom. The van der Waals surface area contributed by atoms with Crippen LogP contribution in [0, 0.1) is 0 Å². The molecule has 3 N–H and O–H groups in total. The van der Waals surface area contributed by atoms with Gasteiger partial charge in [0.25, 0.3) is 0 Å². The van der Waals surface area contributed by atoms with E-state index in [-0.39, 0.29) is 18.3 Å². The molecule has 0 saturated heterocycles. The smallest absolute Gasteiger partial charge is 0.242 e. The van der Waals surface area contributed by atoms with Gasteiger partial charge in [0.1, 0.15) is 13.2 Å². The lowest BCUT2D eigenvalue weighted by Crippen LogP contribution is -2.32. The molecule has 0 spiro atoms. The van der Waals surface area contributed by atoms with Crippen molar-refractivity contribution in [3.63, 3.8) is 0 Å². The standard InChI is InChI=1S/C14H15N3O3S.ClH/c1-8(15)13(18)17-14-16-10(7-21-14)9-2-3-11-12(6-9)20-5-4-19-11;/h2-3,6-8H,4-5,15H2,1H3,(H,16,17,18);1H/t8-;/m1./s1. The molecule has 1 amide bonds. The first-order chi connectivity index (χ1) is 10.1. The fourth-order valence-electron chi connectivity index (χ4n) is 1.89. The number of carbonyl (C=O) groups excluding carboxylic acids is 1. The van der Waals surface area contributed by atoms with Gasteiger partial charge in [-0.15, -0.1) is 23.7 Å². The van der Waals surface area contributed by atoms with Gasteiger partial charge in [-0.1, -0.05) is 0 Å². The quantitative estimate of drug-likeness (QED) is 0.894. The monoisotopic (exact) mass is 341 g/mol. The summed E-state index contributed by atoms with van der Waals surface area (Å²) in [5.41, 5.74) is 7.20. The highest BCUT2D eigenvalue weighted by atomic mass is 35.5. The summed E-state index contributed by atoms with van der Waals surface area (Å²) < 4.78 is 11.0. The molecule has 1 aromatic carbocycles. The number of hydrogen-bond acceptors (Lipinski definition) is 6. The van der Waals surface area contributed by atoms with Gasteiger partial charge in [0, 0.05) is 10.9 Å². The molecular weight excluding hydrogens is 326 g/mol. The van der Waals surface area contributed by atoms with Crippen molar-refractivity contribution in [2.75, 3.05) is 18.5 Å². The van der Waals surface area contributed by atoms with Gasteiger partial charge in [-0.2, -0.15) is 0 Å². The maximum Gasteiger partial charge on any atom is 0.242 e. The second kappa shape index (κ2) is 6.95. The van der Waals surface area contributed by atoms with E-state index in [1.807, 2.05) is 23.6 Å². The lowest BCUT2D eigenvalue weighted by atomic mass is 10.1. The zero-order valence-electron chi connectivity index (χ0n) is 11.9. The van der Waals surface area contributed by atoms with Crippen molar-refractivity contribution in [1.82, 2.24) is 4.98 Å². The fourth-order valence-corrected chi connectivity index (χ4v) is 2.61. The molecule has 0 unspecified atom stereocenters.